The lowest BCUT2D eigenvalue weighted by atomic mass is 9.86. The predicted octanol–water partition coefficient (Wildman–Crippen LogP) is 6.50. The number of fused-ring (bicyclic) bond motifs is 1. The molecule has 5 rings (SSSR count). The third-order valence-electron chi connectivity index (χ3n) is 7.37. The minimum absolute atomic E-state index is 0.0966. The van der Waals surface area contributed by atoms with Gasteiger partial charge in [-0.05, 0) is 108 Å². The normalized spacial score (nSPS) is 17.3. The Morgan fingerprint density at radius 1 is 1.08 bits per heavy atom. The molecule has 208 valence electrons. The Morgan fingerprint density at radius 3 is 2.44 bits per heavy atom. The summed E-state index contributed by atoms with van der Waals surface area (Å²) in [5, 5.41) is 7.26. The van der Waals surface area contributed by atoms with Crippen LogP contribution in [0.15, 0.2) is 48.5 Å². The first-order chi connectivity index (χ1) is 18.7. The van der Waals surface area contributed by atoms with Crippen LogP contribution in [0.2, 0.25) is 0 Å². The highest BCUT2D eigenvalue weighted by atomic mass is 32.1. The van der Waals surface area contributed by atoms with Gasteiger partial charge in [0.25, 0.3) is 5.19 Å². The number of hydrogen-bond donors (Lipinski definition) is 2. The first kappa shape index (κ1) is 27.4. The summed E-state index contributed by atoms with van der Waals surface area (Å²) in [5.74, 6) is 1.04. The van der Waals surface area contributed by atoms with Crippen molar-refractivity contribution in [3.05, 3.63) is 54.1 Å². The number of carbonyl (C=O) groups excluding carboxylic acids is 2. The molecule has 1 aliphatic carbocycles. The van der Waals surface area contributed by atoms with Crippen molar-refractivity contribution in [2.75, 3.05) is 13.1 Å². The standard InChI is InChI=1S/C30H38N4O4S/c1-30(2,3)38-29(36)34(22-7-6-8-22)27(35)32-25(21-15-17-31-18-16-21)19-20-11-13-23(14-12-20)37-28-33-24-9-4-5-10-26(24)39-28/h4-5,9-14,21-22,25,31H,6-8,15-19H2,1-3H3,(H,32,35). The van der Waals surface area contributed by atoms with Crippen molar-refractivity contribution in [2.45, 2.75) is 77.0 Å². The zero-order chi connectivity index (χ0) is 27.4. The first-order valence-electron chi connectivity index (χ1n) is 13.9. The Morgan fingerprint density at radius 2 is 1.79 bits per heavy atom. The average molecular weight is 551 g/mol. The number of hydrogen-bond acceptors (Lipinski definition) is 7. The van der Waals surface area contributed by atoms with Gasteiger partial charge in [-0.1, -0.05) is 35.6 Å². The van der Waals surface area contributed by atoms with Crippen LogP contribution < -0.4 is 15.4 Å². The monoisotopic (exact) mass is 550 g/mol. The van der Waals surface area contributed by atoms with Gasteiger partial charge in [0, 0.05) is 12.1 Å². The molecule has 1 aromatic heterocycles. The summed E-state index contributed by atoms with van der Waals surface area (Å²) in [4.78, 5) is 32.4. The molecule has 2 aromatic carbocycles. The lowest BCUT2D eigenvalue weighted by molar-refractivity contribution is 0.0176. The second kappa shape index (κ2) is 11.9. The Bertz CT molecular complexity index is 1240. The van der Waals surface area contributed by atoms with Crippen molar-refractivity contribution in [3.63, 3.8) is 0 Å². The third-order valence-corrected chi connectivity index (χ3v) is 8.28. The van der Waals surface area contributed by atoms with Gasteiger partial charge in [-0.25, -0.2) is 19.5 Å². The van der Waals surface area contributed by atoms with Crippen LogP contribution in [-0.2, 0) is 11.2 Å². The van der Waals surface area contributed by atoms with Crippen LogP contribution in [0.3, 0.4) is 0 Å². The van der Waals surface area contributed by atoms with E-state index >= 15 is 0 Å². The molecular formula is C30H38N4O4S. The van der Waals surface area contributed by atoms with Gasteiger partial charge >= 0.3 is 12.1 Å². The van der Waals surface area contributed by atoms with Crippen LogP contribution in [0, 0.1) is 5.92 Å². The number of nitrogens with zero attached hydrogens (tertiary/aromatic N) is 2. The number of ether oxygens (including phenoxy) is 2. The molecule has 2 heterocycles. The van der Waals surface area contributed by atoms with Crippen molar-refractivity contribution in [3.8, 4) is 10.9 Å². The van der Waals surface area contributed by atoms with Gasteiger partial charge in [-0.3, -0.25) is 0 Å². The molecule has 1 aliphatic heterocycles. The van der Waals surface area contributed by atoms with E-state index in [9.17, 15) is 9.59 Å². The van der Waals surface area contributed by atoms with Crippen LogP contribution in [0.5, 0.6) is 10.9 Å². The SMILES string of the molecule is CC(C)(C)OC(=O)N(C(=O)NC(Cc1ccc(Oc2nc3ccccc3s2)cc1)C1CCNCC1)C1CCC1. The van der Waals surface area contributed by atoms with E-state index in [0.717, 1.165) is 66.7 Å². The first-order valence-corrected chi connectivity index (χ1v) is 14.7. The summed E-state index contributed by atoms with van der Waals surface area (Å²) >= 11 is 1.52. The molecule has 2 fully saturated rings. The second-order valence-electron chi connectivity index (χ2n) is 11.5. The molecule has 1 unspecified atom stereocenters. The van der Waals surface area contributed by atoms with Crippen molar-refractivity contribution >= 4 is 33.7 Å². The number of rotatable bonds is 7. The molecule has 9 heteroatoms. The maximum absolute atomic E-state index is 13.6. The Kier molecular flexibility index (Phi) is 8.37. The van der Waals surface area contributed by atoms with Crippen LogP contribution >= 0.6 is 11.3 Å². The van der Waals surface area contributed by atoms with Crippen molar-refractivity contribution in [2.24, 2.45) is 5.92 Å². The van der Waals surface area contributed by atoms with E-state index in [1.165, 1.54) is 16.2 Å². The minimum Gasteiger partial charge on any atom is -0.443 e. The number of aromatic nitrogens is 1. The fourth-order valence-electron chi connectivity index (χ4n) is 5.11. The van der Waals surface area contributed by atoms with E-state index in [4.69, 9.17) is 9.47 Å². The Balaban J connectivity index is 1.28. The van der Waals surface area contributed by atoms with E-state index in [1.807, 2.05) is 69.3 Å². The summed E-state index contributed by atoms with van der Waals surface area (Å²) in [6, 6.07) is 15.4. The third kappa shape index (κ3) is 7.08. The average Bonchev–Trinajstić information content (AvgIpc) is 3.28. The minimum atomic E-state index is -0.664. The molecule has 2 N–H and O–H groups in total. The number of benzene rings is 2. The molecule has 2 aliphatic rings. The van der Waals surface area contributed by atoms with Gasteiger partial charge in [-0.15, -0.1) is 0 Å². The van der Waals surface area contributed by atoms with Gasteiger partial charge < -0.3 is 20.1 Å². The number of imide groups is 1. The predicted molar refractivity (Wildman–Crippen MR) is 153 cm³/mol. The molecule has 1 saturated heterocycles. The van der Waals surface area contributed by atoms with E-state index in [1.54, 1.807) is 0 Å². The zero-order valence-corrected chi connectivity index (χ0v) is 23.8. The second-order valence-corrected chi connectivity index (χ2v) is 12.5. The van der Waals surface area contributed by atoms with E-state index in [-0.39, 0.29) is 18.1 Å². The number of carbonyl (C=O) groups is 2. The number of thiazole rings is 1. The van der Waals surface area contributed by atoms with E-state index < -0.39 is 11.7 Å². The summed E-state index contributed by atoms with van der Waals surface area (Å²) in [6.45, 7) is 7.31. The fraction of sp³-hybridized carbons (Fsp3) is 0.500. The molecule has 3 aromatic rings. The largest absolute Gasteiger partial charge is 0.443 e. The van der Waals surface area contributed by atoms with Gasteiger partial charge in [-0.2, -0.15) is 0 Å². The van der Waals surface area contributed by atoms with Crippen molar-refractivity contribution in [1.82, 2.24) is 20.5 Å². The molecular weight excluding hydrogens is 512 g/mol. The maximum Gasteiger partial charge on any atom is 0.418 e. The molecule has 0 radical (unpaired) electrons. The number of piperidine rings is 1. The van der Waals surface area contributed by atoms with E-state index in [2.05, 4.69) is 15.6 Å². The number of nitrogens with one attached hydrogen (secondary N) is 2. The summed E-state index contributed by atoms with van der Waals surface area (Å²) in [5.41, 5.74) is 1.36. The van der Waals surface area contributed by atoms with Crippen molar-refractivity contribution in [1.29, 1.82) is 0 Å². The summed E-state index contributed by atoms with van der Waals surface area (Å²) in [7, 11) is 0. The number of para-hydroxylation sites is 1. The van der Waals surface area contributed by atoms with E-state index in [0.29, 0.717) is 17.5 Å². The van der Waals surface area contributed by atoms with Gasteiger partial charge in [0.1, 0.15) is 11.4 Å². The lowest BCUT2D eigenvalue weighted by Gasteiger charge is -2.39. The topological polar surface area (TPSA) is 92.8 Å². The van der Waals surface area contributed by atoms with Crippen LogP contribution in [0.1, 0.15) is 58.4 Å². The molecule has 1 atom stereocenters. The van der Waals surface area contributed by atoms with Gasteiger partial charge in [0.05, 0.1) is 10.2 Å². The number of amides is 3. The summed E-state index contributed by atoms with van der Waals surface area (Å²) in [6.07, 6.45) is 4.71. The molecule has 39 heavy (non-hydrogen) atoms. The van der Waals surface area contributed by atoms with Gasteiger partial charge in [0.2, 0.25) is 0 Å². The van der Waals surface area contributed by atoms with Crippen molar-refractivity contribution < 1.29 is 19.1 Å². The highest BCUT2D eigenvalue weighted by Gasteiger charge is 2.38. The maximum atomic E-state index is 13.6. The quantitative estimate of drug-likeness (QED) is 0.349. The molecule has 0 spiro atoms. The molecule has 8 nitrogen and oxygen atoms in total. The highest BCUT2D eigenvalue weighted by molar-refractivity contribution is 7.20. The highest BCUT2D eigenvalue weighted by Crippen LogP contribution is 2.32. The summed E-state index contributed by atoms with van der Waals surface area (Å²) < 4.78 is 12.7. The van der Waals surface area contributed by atoms with Crippen LogP contribution in [0.4, 0.5) is 9.59 Å². The lowest BCUT2D eigenvalue weighted by Crippen LogP contribution is -2.57. The zero-order valence-electron chi connectivity index (χ0n) is 22.9. The van der Waals surface area contributed by atoms with Crippen LogP contribution in [0.25, 0.3) is 10.2 Å². The Hall–Kier alpha value is -3.17. The van der Waals surface area contributed by atoms with Crippen LogP contribution in [-0.4, -0.2) is 52.8 Å². The molecule has 0 bridgehead atoms. The van der Waals surface area contributed by atoms with Gasteiger partial charge in [0.15, 0.2) is 0 Å². The smallest absolute Gasteiger partial charge is 0.418 e. The fourth-order valence-corrected chi connectivity index (χ4v) is 5.94. The molecule has 3 amide bonds. The number of urea groups is 1. The Labute approximate surface area is 234 Å². The molecule has 1 saturated carbocycles.